The van der Waals surface area contributed by atoms with E-state index >= 15 is 0 Å². The predicted molar refractivity (Wildman–Crippen MR) is 68.2 cm³/mol. The third-order valence-corrected chi connectivity index (χ3v) is 4.04. The number of carbonyl (C=O) groups excluding carboxylic acids is 2. The smallest absolute Gasteiger partial charge is 0.232 e. The number of fused-ring (bicyclic) bond motifs is 3. The Labute approximate surface area is 111 Å². The summed E-state index contributed by atoms with van der Waals surface area (Å²) < 4.78 is 11.5. The molecule has 0 N–H and O–H groups in total. The SMILES string of the molecule is CC[C@H]1O[C@]2(C)O[C@@]1(C)C(=O)c1ccccc1C2=O. The van der Waals surface area contributed by atoms with Crippen molar-refractivity contribution < 1.29 is 19.1 Å². The second-order valence-electron chi connectivity index (χ2n) is 5.37. The van der Waals surface area contributed by atoms with Gasteiger partial charge < -0.3 is 9.47 Å². The first-order valence-corrected chi connectivity index (χ1v) is 6.49. The van der Waals surface area contributed by atoms with Crippen molar-refractivity contribution in [2.75, 3.05) is 0 Å². The summed E-state index contributed by atoms with van der Waals surface area (Å²) in [7, 11) is 0. The summed E-state index contributed by atoms with van der Waals surface area (Å²) in [6.07, 6.45) is 0.218. The van der Waals surface area contributed by atoms with Crippen LogP contribution in [0.25, 0.3) is 0 Å². The fourth-order valence-electron chi connectivity index (χ4n) is 3.03. The van der Waals surface area contributed by atoms with Crippen LogP contribution in [-0.2, 0) is 9.47 Å². The Hall–Kier alpha value is -1.52. The van der Waals surface area contributed by atoms with Gasteiger partial charge in [-0.25, -0.2) is 0 Å². The highest BCUT2D eigenvalue weighted by molar-refractivity contribution is 6.16. The predicted octanol–water partition coefficient (Wildman–Crippen LogP) is 2.37. The zero-order valence-corrected chi connectivity index (χ0v) is 11.2. The number of ether oxygens (including phenoxy) is 2. The van der Waals surface area contributed by atoms with Crippen LogP contribution in [-0.4, -0.2) is 29.1 Å². The molecule has 0 unspecified atom stereocenters. The molecular formula is C15H16O4. The third kappa shape index (κ3) is 1.47. The second-order valence-corrected chi connectivity index (χ2v) is 5.37. The lowest BCUT2D eigenvalue weighted by Crippen LogP contribution is -2.44. The van der Waals surface area contributed by atoms with E-state index < -0.39 is 17.5 Å². The average Bonchev–Trinajstić information content (AvgIpc) is 2.67. The molecule has 0 amide bonds. The number of hydrogen-bond acceptors (Lipinski definition) is 4. The molecule has 3 atom stereocenters. The van der Waals surface area contributed by atoms with Gasteiger partial charge in [0, 0.05) is 11.1 Å². The molecule has 1 aromatic carbocycles. The Morgan fingerprint density at radius 1 is 1.11 bits per heavy atom. The Morgan fingerprint density at radius 2 is 1.68 bits per heavy atom. The Balaban J connectivity index is 2.26. The van der Waals surface area contributed by atoms with Crippen molar-refractivity contribution in [3.63, 3.8) is 0 Å². The van der Waals surface area contributed by atoms with Crippen LogP contribution in [0.1, 0.15) is 47.9 Å². The lowest BCUT2D eigenvalue weighted by atomic mass is 9.85. The Morgan fingerprint density at radius 3 is 2.26 bits per heavy atom. The van der Waals surface area contributed by atoms with E-state index in [0.29, 0.717) is 17.5 Å². The fourth-order valence-corrected chi connectivity index (χ4v) is 3.03. The van der Waals surface area contributed by atoms with Gasteiger partial charge in [-0.15, -0.1) is 0 Å². The molecule has 1 aromatic rings. The minimum atomic E-state index is -1.36. The molecule has 1 fully saturated rings. The lowest BCUT2D eigenvalue weighted by molar-refractivity contribution is -0.131. The summed E-state index contributed by atoms with van der Waals surface area (Å²) in [5.74, 6) is -1.82. The molecule has 2 aliphatic rings. The summed E-state index contributed by atoms with van der Waals surface area (Å²) in [5, 5.41) is 0. The molecule has 4 nitrogen and oxygen atoms in total. The molecule has 0 aromatic heterocycles. The zero-order valence-electron chi connectivity index (χ0n) is 11.2. The molecule has 0 aliphatic carbocycles. The summed E-state index contributed by atoms with van der Waals surface area (Å²) >= 11 is 0. The van der Waals surface area contributed by atoms with Gasteiger partial charge >= 0.3 is 0 Å². The number of rotatable bonds is 1. The topological polar surface area (TPSA) is 52.6 Å². The lowest BCUT2D eigenvalue weighted by Gasteiger charge is -2.26. The Kier molecular flexibility index (Phi) is 2.46. The molecule has 0 spiro atoms. The van der Waals surface area contributed by atoms with Gasteiger partial charge in [0.05, 0.1) is 6.10 Å². The van der Waals surface area contributed by atoms with Crippen molar-refractivity contribution in [2.24, 2.45) is 0 Å². The summed E-state index contributed by atoms with van der Waals surface area (Å²) in [4.78, 5) is 25.3. The normalized spacial score (nSPS) is 37.1. The van der Waals surface area contributed by atoms with Crippen LogP contribution in [0.5, 0.6) is 0 Å². The van der Waals surface area contributed by atoms with E-state index in [1.54, 1.807) is 38.1 Å². The maximum absolute atomic E-state index is 12.7. The van der Waals surface area contributed by atoms with E-state index in [9.17, 15) is 9.59 Å². The van der Waals surface area contributed by atoms with E-state index in [1.807, 2.05) is 6.92 Å². The molecule has 2 heterocycles. The molecule has 4 heteroatoms. The van der Waals surface area contributed by atoms with Crippen molar-refractivity contribution in [2.45, 2.75) is 44.7 Å². The zero-order chi connectivity index (χ0) is 13.8. The number of hydrogen-bond donors (Lipinski definition) is 0. The largest absolute Gasteiger partial charge is 0.337 e. The second kappa shape index (κ2) is 3.74. The monoisotopic (exact) mass is 260 g/mol. The number of Topliss-reactive ketones (excluding diaryl/α,β-unsaturated/α-hetero) is 2. The van der Waals surface area contributed by atoms with Crippen LogP contribution < -0.4 is 0 Å². The minimum absolute atomic E-state index is 0.176. The van der Waals surface area contributed by atoms with Gasteiger partial charge in [0.2, 0.25) is 11.6 Å². The van der Waals surface area contributed by atoms with E-state index in [4.69, 9.17) is 9.47 Å². The van der Waals surface area contributed by atoms with Crippen LogP contribution >= 0.6 is 0 Å². The number of benzene rings is 1. The van der Waals surface area contributed by atoms with Gasteiger partial charge in [0.1, 0.15) is 0 Å². The van der Waals surface area contributed by atoms with Crippen molar-refractivity contribution in [3.05, 3.63) is 35.4 Å². The Bertz CT molecular complexity index is 579. The van der Waals surface area contributed by atoms with Crippen molar-refractivity contribution >= 4 is 11.6 Å². The summed E-state index contributed by atoms with van der Waals surface area (Å²) in [6, 6.07) is 6.84. The van der Waals surface area contributed by atoms with Crippen LogP contribution in [0.3, 0.4) is 0 Å². The molecule has 3 rings (SSSR count). The molecule has 2 aliphatic heterocycles. The van der Waals surface area contributed by atoms with Crippen LogP contribution in [0.15, 0.2) is 24.3 Å². The molecule has 19 heavy (non-hydrogen) atoms. The molecule has 0 radical (unpaired) electrons. The van der Waals surface area contributed by atoms with Gasteiger partial charge in [0.25, 0.3) is 0 Å². The molecule has 2 bridgehead atoms. The van der Waals surface area contributed by atoms with Crippen molar-refractivity contribution in [1.82, 2.24) is 0 Å². The highest BCUT2D eigenvalue weighted by Crippen LogP contribution is 2.44. The van der Waals surface area contributed by atoms with Gasteiger partial charge in [0.15, 0.2) is 11.4 Å². The van der Waals surface area contributed by atoms with E-state index in [0.717, 1.165) is 0 Å². The first-order chi connectivity index (χ1) is 8.92. The van der Waals surface area contributed by atoms with Gasteiger partial charge in [-0.2, -0.15) is 0 Å². The molecule has 1 saturated heterocycles. The highest BCUT2D eigenvalue weighted by atomic mass is 16.8. The van der Waals surface area contributed by atoms with Crippen molar-refractivity contribution in [1.29, 1.82) is 0 Å². The molecule has 0 saturated carbocycles. The highest BCUT2D eigenvalue weighted by Gasteiger charge is 2.61. The standard InChI is InChI=1S/C15H16O4/c1-4-11-14(2)12(16)9-7-5-6-8-10(9)13(17)15(3,18-11)19-14/h5-8,11H,4H2,1-3H3/t11-,14-,15-/m1/s1. The summed E-state index contributed by atoms with van der Waals surface area (Å²) in [6.45, 7) is 5.23. The van der Waals surface area contributed by atoms with Crippen LogP contribution in [0.4, 0.5) is 0 Å². The van der Waals surface area contributed by atoms with E-state index in [2.05, 4.69) is 0 Å². The van der Waals surface area contributed by atoms with Gasteiger partial charge in [-0.05, 0) is 20.3 Å². The molecule has 100 valence electrons. The number of ketones is 2. The summed E-state index contributed by atoms with van der Waals surface area (Å²) in [5.41, 5.74) is -0.278. The third-order valence-electron chi connectivity index (χ3n) is 4.04. The number of carbonyl (C=O) groups is 2. The van der Waals surface area contributed by atoms with Crippen LogP contribution in [0, 0.1) is 0 Å². The van der Waals surface area contributed by atoms with E-state index in [-0.39, 0.29) is 11.6 Å². The fraction of sp³-hybridized carbons (Fsp3) is 0.467. The maximum atomic E-state index is 12.7. The average molecular weight is 260 g/mol. The quantitative estimate of drug-likeness (QED) is 0.778. The van der Waals surface area contributed by atoms with Gasteiger partial charge in [-0.3, -0.25) is 9.59 Å². The van der Waals surface area contributed by atoms with E-state index in [1.165, 1.54) is 0 Å². The first-order valence-electron chi connectivity index (χ1n) is 6.49. The first kappa shape index (κ1) is 12.5. The maximum Gasteiger partial charge on any atom is 0.232 e. The van der Waals surface area contributed by atoms with Gasteiger partial charge in [-0.1, -0.05) is 31.2 Å². The van der Waals surface area contributed by atoms with Crippen molar-refractivity contribution in [3.8, 4) is 0 Å². The minimum Gasteiger partial charge on any atom is -0.337 e. The van der Waals surface area contributed by atoms with Crippen LogP contribution in [0.2, 0.25) is 0 Å². The molecular weight excluding hydrogens is 244 g/mol.